The zero-order valence-corrected chi connectivity index (χ0v) is 9.84. The Labute approximate surface area is 104 Å². The predicted molar refractivity (Wildman–Crippen MR) is 63.4 cm³/mol. The van der Waals surface area contributed by atoms with Gasteiger partial charge in [-0.25, -0.2) is 4.79 Å². The number of rotatable bonds is 3. The van der Waals surface area contributed by atoms with E-state index in [2.05, 4.69) is 10.6 Å². The summed E-state index contributed by atoms with van der Waals surface area (Å²) in [5, 5.41) is 13.7. The van der Waals surface area contributed by atoms with Crippen LogP contribution < -0.4 is 15.4 Å². The summed E-state index contributed by atoms with van der Waals surface area (Å²) in [6.07, 6.45) is 0. The first-order chi connectivity index (χ1) is 8.58. The Morgan fingerprint density at radius 3 is 2.89 bits per heavy atom. The van der Waals surface area contributed by atoms with Crippen LogP contribution in [0.4, 0.5) is 4.79 Å². The minimum atomic E-state index is -1.08. The highest BCUT2D eigenvalue weighted by Gasteiger charge is 2.25. The molecular formula is C12H14N2O4. The van der Waals surface area contributed by atoms with Crippen molar-refractivity contribution in [3.05, 3.63) is 29.8 Å². The summed E-state index contributed by atoms with van der Waals surface area (Å²) in [6, 6.07) is 5.72. The molecule has 0 saturated carbocycles. The van der Waals surface area contributed by atoms with Crippen LogP contribution in [0.25, 0.3) is 0 Å². The van der Waals surface area contributed by atoms with Crippen molar-refractivity contribution in [2.75, 3.05) is 6.61 Å². The van der Waals surface area contributed by atoms with E-state index in [0.717, 1.165) is 11.3 Å². The normalized spacial score (nSPS) is 18.4. The lowest BCUT2D eigenvalue weighted by Crippen LogP contribution is -2.45. The molecule has 2 rings (SSSR count). The number of urea groups is 1. The zero-order valence-electron chi connectivity index (χ0n) is 9.84. The number of nitrogens with one attached hydrogen (secondary N) is 2. The van der Waals surface area contributed by atoms with E-state index >= 15 is 0 Å². The number of benzene rings is 1. The van der Waals surface area contributed by atoms with E-state index in [9.17, 15) is 9.59 Å². The van der Waals surface area contributed by atoms with E-state index in [1.165, 1.54) is 6.92 Å². The molecule has 2 atom stereocenters. The Kier molecular flexibility index (Phi) is 3.36. The fraction of sp³-hybridized carbons (Fsp3) is 0.333. The number of aliphatic carboxylic acids is 1. The van der Waals surface area contributed by atoms with Gasteiger partial charge in [0.25, 0.3) is 0 Å². The fourth-order valence-corrected chi connectivity index (χ4v) is 1.74. The van der Waals surface area contributed by atoms with Gasteiger partial charge in [-0.05, 0) is 13.0 Å². The number of para-hydroxylation sites is 1. The Bertz CT molecular complexity index is 475. The molecule has 0 aromatic heterocycles. The van der Waals surface area contributed by atoms with Crippen LogP contribution in [0.3, 0.4) is 0 Å². The highest BCUT2D eigenvalue weighted by molar-refractivity contribution is 5.82. The standard InChI is InChI=1S/C12H14N2O4/c1-7(11(15)16)13-12(17)14-9-6-18-10-5-3-2-4-8(9)10/h2-5,7,9H,6H2,1H3,(H,15,16)(H2,13,14,17)/t7-,9?/m0/s1. The van der Waals surface area contributed by atoms with E-state index in [4.69, 9.17) is 9.84 Å². The molecule has 1 aliphatic heterocycles. The second-order valence-electron chi connectivity index (χ2n) is 4.08. The van der Waals surface area contributed by atoms with Crippen LogP contribution in [-0.2, 0) is 4.79 Å². The summed E-state index contributed by atoms with van der Waals surface area (Å²) in [5.41, 5.74) is 0.899. The highest BCUT2D eigenvalue weighted by Crippen LogP contribution is 2.31. The first-order valence-electron chi connectivity index (χ1n) is 5.59. The van der Waals surface area contributed by atoms with Crippen molar-refractivity contribution in [3.8, 4) is 5.75 Å². The molecule has 0 saturated heterocycles. The largest absolute Gasteiger partial charge is 0.491 e. The van der Waals surface area contributed by atoms with Gasteiger partial charge in [-0.3, -0.25) is 4.79 Å². The summed E-state index contributed by atoms with van der Waals surface area (Å²) >= 11 is 0. The summed E-state index contributed by atoms with van der Waals surface area (Å²) in [5.74, 6) is -0.331. The quantitative estimate of drug-likeness (QED) is 0.743. The lowest BCUT2D eigenvalue weighted by molar-refractivity contribution is -0.138. The number of carboxylic acids is 1. The number of ether oxygens (including phenoxy) is 1. The molecular weight excluding hydrogens is 236 g/mol. The third kappa shape index (κ3) is 2.53. The van der Waals surface area contributed by atoms with Gasteiger partial charge in [-0.15, -0.1) is 0 Å². The van der Waals surface area contributed by atoms with E-state index in [1.807, 2.05) is 24.3 Å². The highest BCUT2D eigenvalue weighted by atomic mass is 16.5. The van der Waals surface area contributed by atoms with Gasteiger partial charge in [0, 0.05) is 5.56 Å². The van der Waals surface area contributed by atoms with Crippen molar-refractivity contribution in [3.63, 3.8) is 0 Å². The average molecular weight is 250 g/mol. The third-order valence-electron chi connectivity index (χ3n) is 2.72. The molecule has 6 heteroatoms. The number of fused-ring (bicyclic) bond motifs is 1. The van der Waals surface area contributed by atoms with Gasteiger partial charge in [0.2, 0.25) is 0 Å². The van der Waals surface area contributed by atoms with E-state index in [-0.39, 0.29) is 6.04 Å². The molecule has 0 radical (unpaired) electrons. The van der Waals surface area contributed by atoms with Crippen molar-refractivity contribution in [1.29, 1.82) is 0 Å². The van der Waals surface area contributed by atoms with Crippen molar-refractivity contribution >= 4 is 12.0 Å². The molecule has 0 spiro atoms. The van der Waals surface area contributed by atoms with Crippen molar-refractivity contribution in [2.24, 2.45) is 0 Å². The van der Waals surface area contributed by atoms with Gasteiger partial charge in [-0.1, -0.05) is 18.2 Å². The zero-order chi connectivity index (χ0) is 13.1. The molecule has 1 aromatic rings. The minimum absolute atomic E-state index is 0.248. The first-order valence-corrected chi connectivity index (χ1v) is 5.59. The van der Waals surface area contributed by atoms with Crippen LogP contribution in [0, 0.1) is 0 Å². The number of carbonyl (C=O) groups excluding carboxylic acids is 1. The van der Waals surface area contributed by atoms with Gasteiger partial charge >= 0.3 is 12.0 Å². The molecule has 1 unspecified atom stereocenters. The van der Waals surface area contributed by atoms with Gasteiger partial charge in [0.15, 0.2) is 0 Å². The van der Waals surface area contributed by atoms with Crippen LogP contribution in [0.15, 0.2) is 24.3 Å². The maximum atomic E-state index is 11.6. The Hall–Kier alpha value is -2.24. The summed E-state index contributed by atoms with van der Waals surface area (Å²) < 4.78 is 5.41. The molecule has 0 fully saturated rings. The molecule has 2 amide bonds. The summed E-state index contributed by atoms with van der Waals surface area (Å²) in [7, 11) is 0. The number of hydrogen-bond donors (Lipinski definition) is 3. The SMILES string of the molecule is C[C@H](NC(=O)NC1COc2ccccc21)C(=O)O. The number of carboxylic acid groups (broad SMARTS) is 1. The fourth-order valence-electron chi connectivity index (χ4n) is 1.74. The number of hydrogen-bond acceptors (Lipinski definition) is 3. The molecule has 6 nitrogen and oxygen atoms in total. The first kappa shape index (κ1) is 12.2. The predicted octanol–water partition coefficient (Wildman–Crippen LogP) is 0.892. The molecule has 1 heterocycles. The van der Waals surface area contributed by atoms with Crippen LogP contribution in [0.1, 0.15) is 18.5 Å². The van der Waals surface area contributed by atoms with Gasteiger partial charge in [-0.2, -0.15) is 0 Å². The molecule has 3 N–H and O–H groups in total. The van der Waals surface area contributed by atoms with E-state index < -0.39 is 18.0 Å². The molecule has 18 heavy (non-hydrogen) atoms. The molecule has 96 valence electrons. The van der Waals surface area contributed by atoms with Crippen LogP contribution in [0.2, 0.25) is 0 Å². The Morgan fingerprint density at radius 2 is 2.17 bits per heavy atom. The Balaban J connectivity index is 1.96. The molecule has 1 aromatic carbocycles. The third-order valence-corrected chi connectivity index (χ3v) is 2.72. The molecule has 0 bridgehead atoms. The monoisotopic (exact) mass is 250 g/mol. The van der Waals surface area contributed by atoms with Gasteiger partial charge in [0.1, 0.15) is 18.4 Å². The minimum Gasteiger partial charge on any atom is -0.491 e. The molecule has 0 aliphatic carbocycles. The summed E-state index contributed by atoms with van der Waals surface area (Å²) in [6.45, 7) is 1.76. The maximum absolute atomic E-state index is 11.6. The van der Waals surface area contributed by atoms with Gasteiger partial charge < -0.3 is 20.5 Å². The molecule has 1 aliphatic rings. The summed E-state index contributed by atoms with van der Waals surface area (Å²) in [4.78, 5) is 22.2. The van der Waals surface area contributed by atoms with E-state index in [0.29, 0.717) is 6.61 Å². The number of amides is 2. The second kappa shape index (κ2) is 4.95. The number of carbonyl (C=O) groups is 2. The lowest BCUT2D eigenvalue weighted by atomic mass is 10.1. The van der Waals surface area contributed by atoms with Crippen molar-refractivity contribution < 1.29 is 19.4 Å². The van der Waals surface area contributed by atoms with Crippen molar-refractivity contribution in [2.45, 2.75) is 19.0 Å². The smallest absolute Gasteiger partial charge is 0.325 e. The van der Waals surface area contributed by atoms with Crippen molar-refractivity contribution in [1.82, 2.24) is 10.6 Å². The van der Waals surface area contributed by atoms with Crippen LogP contribution >= 0.6 is 0 Å². The van der Waals surface area contributed by atoms with Crippen LogP contribution in [-0.4, -0.2) is 29.8 Å². The lowest BCUT2D eigenvalue weighted by Gasteiger charge is -2.14. The second-order valence-corrected chi connectivity index (χ2v) is 4.08. The van der Waals surface area contributed by atoms with E-state index in [1.54, 1.807) is 0 Å². The average Bonchev–Trinajstić information content (AvgIpc) is 2.72. The maximum Gasteiger partial charge on any atom is 0.325 e. The van der Waals surface area contributed by atoms with Crippen LogP contribution in [0.5, 0.6) is 5.75 Å². The van der Waals surface area contributed by atoms with Gasteiger partial charge in [0.05, 0.1) is 6.04 Å². The Morgan fingerprint density at radius 1 is 1.44 bits per heavy atom. The topological polar surface area (TPSA) is 87.7 Å².